The van der Waals surface area contributed by atoms with Crippen molar-refractivity contribution in [2.75, 3.05) is 19.0 Å². The van der Waals surface area contributed by atoms with Gasteiger partial charge in [0, 0.05) is 46.6 Å². The number of allylic oxidation sites excluding steroid dienone is 8. The summed E-state index contributed by atoms with van der Waals surface area (Å²) in [7, 11) is 4.32. The molecule has 1 aliphatic carbocycles. The lowest BCUT2D eigenvalue weighted by Gasteiger charge is -2.23. The maximum Gasteiger partial charge on any atom is 0.209 e. The average molecular weight is 506 g/mol. The largest absolute Gasteiger partial charge is 1.00 e. The standard InChI is InChI=1S/C31H34ClN2.ClH/c1-30(2)23-11-7-9-13-25(23)33(5)27(30)19-17-21-15-16-22(29(21)32)18-20-28-31(3,4)24-12-8-10-14-26(24)34(28)6;/h7-14,17-20H,15-16H2,1-6H3;1H/q+1;/p-1. The number of likely N-dealkylation sites (N-methyl/N-ethyl adjacent to an activating group) is 1. The van der Waals surface area contributed by atoms with E-state index in [9.17, 15) is 0 Å². The Bertz CT molecular complexity index is 1340. The summed E-state index contributed by atoms with van der Waals surface area (Å²) in [5, 5.41) is 0.903. The molecule has 0 spiro atoms. The maximum absolute atomic E-state index is 6.90. The van der Waals surface area contributed by atoms with Crippen LogP contribution < -0.4 is 17.3 Å². The van der Waals surface area contributed by atoms with E-state index in [0.29, 0.717) is 0 Å². The van der Waals surface area contributed by atoms with Crippen LogP contribution in [-0.2, 0) is 10.8 Å². The molecule has 2 aromatic carbocycles. The number of hydrogen-bond acceptors (Lipinski definition) is 1. The molecule has 4 heteroatoms. The Morgan fingerprint density at radius 2 is 1.51 bits per heavy atom. The van der Waals surface area contributed by atoms with Crippen LogP contribution in [-0.4, -0.2) is 24.4 Å². The Hall–Kier alpha value is -2.55. The van der Waals surface area contributed by atoms with Gasteiger partial charge in [-0.3, -0.25) is 0 Å². The van der Waals surface area contributed by atoms with Crippen LogP contribution in [0.15, 0.2) is 94.7 Å². The molecule has 35 heavy (non-hydrogen) atoms. The fraction of sp³-hybridized carbons (Fsp3) is 0.323. The Kier molecular flexibility index (Phi) is 6.68. The number of nitrogens with zero attached hydrogens (tertiary/aromatic N) is 2. The van der Waals surface area contributed by atoms with Gasteiger partial charge in [0.2, 0.25) is 5.69 Å². The van der Waals surface area contributed by atoms with Crippen LogP contribution in [0.5, 0.6) is 0 Å². The second-order valence-corrected chi connectivity index (χ2v) is 11.1. The van der Waals surface area contributed by atoms with Crippen LogP contribution in [0.2, 0.25) is 0 Å². The van der Waals surface area contributed by atoms with Gasteiger partial charge in [0.1, 0.15) is 7.05 Å². The zero-order valence-corrected chi connectivity index (χ0v) is 23.0. The van der Waals surface area contributed by atoms with E-state index in [2.05, 4.69) is 124 Å². The minimum Gasteiger partial charge on any atom is -1.00 e. The molecule has 0 unspecified atom stereocenters. The molecule has 0 fully saturated rings. The van der Waals surface area contributed by atoms with Gasteiger partial charge in [-0.15, -0.1) is 0 Å². The van der Waals surface area contributed by atoms with Crippen LogP contribution in [0.4, 0.5) is 11.4 Å². The van der Waals surface area contributed by atoms with Gasteiger partial charge in [0.25, 0.3) is 0 Å². The number of halogens is 2. The van der Waals surface area contributed by atoms with E-state index in [1.807, 2.05) is 0 Å². The highest BCUT2D eigenvalue weighted by Crippen LogP contribution is 2.47. The fourth-order valence-corrected chi connectivity index (χ4v) is 6.29. The van der Waals surface area contributed by atoms with Gasteiger partial charge in [-0.25, -0.2) is 0 Å². The number of rotatable bonds is 3. The Morgan fingerprint density at radius 1 is 0.857 bits per heavy atom. The Balaban J connectivity index is 0.00000289. The molecule has 2 nitrogen and oxygen atoms in total. The first-order valence-corrected chi connectivity index (χ1v) is 12.5. The molecular formula is C31H34Cl2N2. The van der Waals surface area contributed by atoms with Crippen molar-refractivity contribution < 1.29 is 17.0 Å². The molecule has 2 aromatic rings. The van der Waals surface area contributed by atoms with Crippen molar-refractivity contribution in [2.45, 2.75) is 51.4 Å². The molecule has 0 amide bonds. The van der Waals surface area contributed by atoms with E-state index < -0.39 is 0 Å². The molecule has 5 rings (SSSR count). The first-order valence-electron chi connectivity index (χ1n) is 12.2. The summed E-state index contributed by atoms with van der Waals surface area (Å²) in [5.41, 5.74) is 10.3. The van der Waals surface area contributed by atoms with Crippen LogP contribution in [0.3, 0.4) is 0 Å². The third kappa shape index (κ3) is 4.01. The molecule has 182 valence electrons. The maximum atomic E-state index is 6.90. The fourth-order valence-electron chi connectivity index (χ4n) is 5.97. The van der Waals surface area contributed by atoms with Gasteiger partial charge in [-0.05, 0) is 55.5 Å². The summed E-state index contributed by atoms with van der Waals surface area (Å²) < 4.78 is 2.31. The number of benzene rings is 2. The predicted octanol–water partition coefficient (Wildman–Crippen LogP) is 4.78. The van der Waals surface area contributed by atoms with Crippen molar-refractivity contribution in [2.24, 2.45) is 0 Å². The molecule has 3 aliphatic rings. The average Bonchev–Trinajstić information content (AvgIpc) is 3.33. The summed E-state index contributed by atoms with van der Waals surface area (Å²) in [6, 6.07) is 17.4. The van der Waals surface area contributed by atoms with E-state index >= 15 is 0 Å². The predicted molar refractivity (Wildman–Crippen MR) is 146 cm³/mol. The van der Waals surface area contributed by atoms with Crippen molar-refractivity contribution in [1.29, 1.82) is 0 Å². The van der Waals surface area contributed by atoms with Crippen molar-refractivity contribution in [1.82, 2.24) is 0 Å². The van der Waals surface area contributed by atoms with E-state index in [4.69, 9.17) is 11.6 Å². The van der Waals surface area contributed by atoms with Crippen molar-refractivity contribution >= 4 is 28.7 Å². The third-order valence-corrected chi connectivity index (χ3v) is 8.48. The lowest BCUT2D eigenvalue weighted by Crippen LogP contribution is -3.00. The summed E-state index contributed by atoms with van der Waals surface area (Å²) in [6.45, 7) is 9.20. The first kappa shape index (κ1) is 25.5. The van der Waals surface area contributed by atoms with E-state index in [1.54, 1.807) is 0 Å². The van der Waals surface area contributed by atoms with Gasteiger partial charge < -0.3 is 17.3 Å². The van der Waals surface area contributed by atoms with Gasteiger partial charge in [-0.2, -0.15) is 4.58 Å². The highest BCUT2D eigenvalue weighted by molar-refractivity contribution is 6.33. The monoisotopic (exact) mass is 504 g/mol. The molecule has 0 saturated heterocycles. The molecule has 0 bridgehead atoms. The molecule has 0 radical (unpaired) electrons. The molecule has 2 aliphatic heterocycles. The van der Waals surface area contributed by atoms with E-state index in [1.165, 1.54) is 45.1 Å². The normalized spacial score (nSPS) is 22.4. The lowest BCUT2D eigenvalue weighted by atomic mass is 9.81. The topological polar surface area (TPSA) is 6.25 Å². The first-order chi connectivity index (χ1) is 16.1. The second kappa shape index (κ2) is 9.15. The van der Waals surface area contributed by atoms with Gasteiger partial charge in [0.05, 0.1) is 5.41 Å². The molecule has 0 atom stereocenters. The van der Waals surface area contributed by atoms with Crippen LogP contribution in [0, 0.1) is 0 Å². The summed E-state index contributed by atoms with van der Waals surface area (Å²) in [5.74, 6) is 0. The summed E-state index contributed by atoms with van der Waals surface area (Å²) in [4.78, 5) is 2.31. The Labute approximate surface area is 221 Å². The van der Waals surface area contributed by atoms with Gasteiger partial charge in [0.15, 0.2) is 5.71 Å². The van der Waals surface area contributed by atoms with Crippen LogP contribution >= 0.6 is 11.6 Å². The minimum absolute atomic E-state index is 0. The lowest BCUT2D eigenvalue weighted by molar-refractivity contribution is -0.401. The van der Waals surface area contributed by atoms with Crippen molar-refractivity contribution in [3.8, 4) is 0 Å². The zero-order valence-electron chi connectivity index (χ0n) is 21.5. The number of fused-ring (bicyclic) bond motifs is 2. The number of anilines is 1. The van der Waals surface area contributed by atoms with Crippen molar-refractivity contribution in [3.63, 3.8) is 0 Å². The smallest absolute Gasteiger partial charge is 0.209 e. The molecular weight excluding hydrogens is 471 g/mol. The van der Waals surface area contributed by atoms with Crippen LogP contribution in [0.25, 0.3) is 0 Å². The third-order valence-electron chi connectivity index (χ3n) is 7.99. The Morgan fingerprint density at radius 3 is 2.20 bits per heavy atom. The molecule has 0 N–H and O–H groups in total. The minimum atomic E-state index is -0.0236. The van der Waals surface area contributed by atoms with Gasteiger partial charge >= 0.3 is 0 Å². The van der Waals surface area contributed by atoms with E-state index in [-0.39, 0.29) is 23.2 Å². The number of para-hydroxylation sites is 2. The number of hydrogen-bond donors (Lipinski definition) is 0. The zero-order chi connectivity index (χ0) is 24.3. The van der Waals surface area contributed by atoms with Crippen molar-refractivity contribution in [3.05, 3.63) is 106 Å². The molecule has 0 saturated carbocycles. The quantitative estimate of drug-likeness (QED) is 0.545. The molecule has 0 aromatic heterocycles. The summed E-state index contributed by atoms with van der Waals surface area (Å²) >= 11 is 6.90. The SMILES string of the molecule is CN1C(=C/C=C2\CCC(/C=C/C3=[N+](C)c4ccccc4C3(C)C)=C2Cl)C(C)(C)c2ccccc21.[Cl-]. The highest BCUT2D eigenvalue weighted by Gasteiger charge is 2.42. The van der Waals surface area contributed by atoms with E-state index in [0.717, 1.165) is 17.9 Å². The van der Waals surface area contributed by atoms with Crippen LogP contribution in [0.1, 0.15) is 51.7 Å². The second-order valence-electron chi connectivity index (χ2n) is 10.7. The highest BCUT2D eigenvalue weighted by atomic mass is 35.5. The molecule has 2 heterocycles. The summed E-state index contributed by atoms with van der Waals surface area (Å²) in [6.07, 6.45) is 11.0. The van der Waals surface area contributed by atoms with Gasteiger partial charge in [-0.1, -0.05) is 74.0 Å².